The first-order chi connectivity index (χ1) is 9.65. The fraction of sp³-hybridized carbons (Fsp3) is 0.615. The van der Waals surface area contributed by atoms with Crippen molar-refractivity contribution in [2.75, 3.05) is 26.0 Å². The first-order valence-corrected chi connectivity index (χ1v) is 6.87. The van der Waals surface area contributed by atoms with Crippen LogP contribution in [-0.4, -0.2) is 51.0 Å². The third kappa shape index (κ3) is 2.46. The average Bonchev–Trinajstić information content (AvgIpc) is 2.82. The Balaban J connectivity index is 1.81. The summed E-state index contributed by atoms with van der Waals surface area (Å²) in [5.41, 5.74) is 6.77. The van der Waals surface area contributed by atoms with Gasteiger partial charge in [-0.05, 0) is 19.9 Å². The number of aryl methyl sites for hydroxylation is 1. The summed E-state index contributed by atoms with van der Waals surface area (Å²) in [6.45, 7) is 2.35. The highest BCUT2D eigenvalue weighted by Crippen LogP contribution is 2.19. The first kappa shape index (κ1) is 13.3. The van der Waals surface area contributed by atoms with Crippen molar-refractivity contribution in [2.24, 2.45) is 7.05 Å². The molecule has 3 heterocycles. The van der Waals surface area contributed by atoms with Crippen LogP contribution >= 0.6 is 0 Å². The number of nitrogens with two attached hydrogens (primary N) is 1. The Bertz CT molecular complexity index is 604. The number of fused-ring (bicyclic) bond motifs is 1. The second kappa shape index (κ2) is 5.34. The van der Waals surface area contributed by atoms with Gasteiger partial charge in [-0.25, -0.2) is 9.97 Å². The molecule has 0 saturated carbocycles. The molecule has 2 N–H and O–H groups in total. The Morgan fingerprint density at radius 3 is 2.90 bits per heavy atom. The Hall–Kier alpha value is -1.73. The minimum Gasteiger partial charge on any atom is -0.383 e. The van der Waals surface area contributed by atoms with Crippen molar-refractivity contribution in [2.45, 2.75) is 25.4 Å². The molecule has 7 heteroatoms. The van der Waals surface area contributed by atoms with E-state index in [0.29, 0.717) is 18.4 Å². The molecule has 7 nitrogen and oxygen atoms in total. The Labute approximate surface area is 117 Å². The van der Waals surface area contributed by atoms with Crippen molar-refractivity contribution in [1.82, 2.24) is 24.6 Å². The molecule has 1 saturated heterocycles. The summed E-state index contributed by atoms with van der Waals surface area (Å²) in [4.78, 5) is 11.2. The van der Waals surface area contributed by atoms with Crippen LogP contribution < -0.4 is 5.73 Å². The molecule has 0 aliphatic carbocycles. The summed E-state index contributed by atoms with van der Waals surface area (Å²) in [5, 5.41) is 4.98. The van der Waals surface area contributed by atoms with Gasteiger partial charge in [0.1, 0.15) is 11.6 Å². The van der Waals surface area contributed by atoms with Gasteiger partial charge in [-0.3, -0.25) is 9.58 Å². The van der Waals surface area contributed by atoms with E-state index < -0.39 is 0 Å². The summed E-state index contributed by atoms with van der Waals surface area (Å²) >= 11 is 0. The molecule has 0 bridgehead atoms. The molecule has 0 aromatic carbocycles. The molecule has 0 unspecified atom stereocenters. The Kier molecular flexibility index (Phi) is 3.54. The molecule has 2 aromatic heterocycles. The maximum absolute atomic E-state index is 5.98. The fourth-order valence-corrected chi connectivity index (χ4v) is 2.64. The minimum absolute atomic E-state index is 0.499. The Morgan fingerprint density at radius 2 is 2.15 bits per heavy atom. The van der Waals surface area contributed by atoms with Crippen molar-refractivity contribution >= 4 is 16.9 Å². The van der Waals surface area contributed by atoms with E-state index in [4.69, 9.17) is 10.5 Å². The lowest BCUT2D eigenvalue weighted by molar-refractivity contribution is 0.0399. The topological polar surface area (TPSA) is 82.1 Å². The van der Waals surface area contributed by atoms with Crippen molar-refractivity contribution in [1.29, 1.82) is 0 Å². The number of nitrogens with zero attached hydrogens (tertiary/aromatic N) is 5. The summed E-state index contributed by atoms with van der Waals surface area (Å²) in [7, 11) is 3.96. The van der Waals surface area contributed by atoms with Gasteiger partial charge < -0.3 is 10.5 Å². The van der Waals surface area contributed by atoms with E-state index in [-0.39, 0.29) is 0 Å². The minimum atomic E-state index is 0.499. The van der Waals surface area contributed by atoms with Gasteiger partial charge in [-0.1, -0.05) is 0 Å². The molecule has 108 valence electrons. The van der Waals surface area contributed by atoms with Crippen molar-refractivity contribution < 1.29 is 4.74 Å². The summed E-state index contributed by atoms with van der Waals surface area (Å²) in [6.07, 6.45) is 3.82. The second-order valence-electron chi connectivity index (χ2n) is 5.29. The number of hydrogen-bond acceptors (Lipinski definition) is 6. The van der Waals surface area contributed by atoms with E-state index in [2.05, 4.69) is 27.0 Å². The Morgan fingerprint density at radius 1 is 1.40 bits per heavy atom. The quantitative estimate of drug-likeness (QED) is 0.882. The van der Waals surface area contributed by atoms with E-state index in [1.807, 2.05) is 7.05 Å². The summed E-state index contributed by atoms with van der Waals surface area (Å²) in [5.74, 6) is 1.24. The number of nitrogen functional groups attached to an aromatic ring is 1. The number of hydrogen-bond donors (Lipinski definition) is 1. The van der Waals surface area contributed by atoms with Crippen LogP contribution in [0.3, 0.4) is 0 Å². The lowest BCUT2D eigenvalue weighted by Gasteiger charge is -2.30. The number of anilines is 1. The van der Waals surface area contributed by atoms with Crippen LogP contribution in [0.15, 0.2) is 6.20 Å². The predicted molar refractivity (Wildman–Crippen MR) is 76.0 cm³/mol. The van der Waals surface area contributed by atoms with Crippen LogP contribution in [0, 0.1) is 0 Å². The molecule has 1 fully saturated rings. The monoisotopic (exact) mass is 276 g/mol. The predicted octanol–water partition coefficient (Wildman–Crippen LogP) is 0.556. The SMILES string of the molecule is CN(Cc1nc(N)c2cnn(C)c2n1)C1CCOCC1. The molecule has 0 spiro atoms. The zero-order valence-corrected chi connectivity index (χ0v) is 11.9. The molecular weight excluding hydrogens is 256 g/mol. The normalized spacial score (nSPS) is 17.1. The smallest absolute Gasteiger partial charge is 0.163 e. The van der Waals surface area contributed by atoms with Crippen molar-refractivity contribution in [3.05, 3.63) is 12.0 Å². The van der Waals surface area contributed by atoms with E-state index >= 15 is 0 Å². The van der Waals surface area contributed by atoms with Crippen LogP contribution in [0.1, 0.15) is 18.7 Å². The maximum atomic E-state index is 5.98. The van der Waals surface area contributed by atoms with Crippen LogP contribution in [0.2, 0.25) is 0 Å². The highest BCUT2D eigenvalue weighted by molar-refractivity contribution is 5.84. The van der Waals surface area contributed by atoms with Crippen LogP contribution in [0.5, 0.6) is 0 Å². The van der Waals surface area contributed by atoms with E-state index in [1.165, 1.54) is 0 Å². The molecule has 0 amide bonds. The van der Waals surface area contributed by atoms with Crippen molar-refractivity contribution in [3.8, 4) is 0 Å². The van der Waals surface area contributed by atoms with Gasteiger partial charge in [0.25, 0.3) is 0 Å². The van der Waals surface area contributed by atoms with Crippen LogP contribution in [0.4, 0.5) is 5.82 Å². The second-order valence-corrected chi connectivity index (χ2v) is 5.29. The zero-order chi connectivity index (χ0) is 14.1. The fourth-order valence-electron chi connectivity index (χ4n) is 2.64. The number of rotatable bonds is 3. The van der Waals surface area contributed by atoms with Gasteiger partial charge in [-0.2, -0.15) is 5.10 Å². The molecule has 1 aliphatic heterocycles. The zero-order valence-electron chi connectivity index (χ0n) is 11.9. The third-order valence-corrected chi connectivity index (χ3v) is 3.87. The standard InChI is InChI=1S/C13H20N6O/c1-18(9-3-5-20-6-4-9)8-11-16-12(14)10-7-15-19(2)13(10)17-11/h7,9H,3-6,8H2,1-2H3,(H2,14,16,17). The van der Waals surface area contributed by atoms with Gasteiger partial charge in [0.05, 0.1) is 18.1 Å². The van der Waals surface area contributed by atoms with E-state index in [1.54, 1.807) is 10.9 Å². The molecular formula is C13H20N6O. The number of aromatic nitrogens is 4. The molecule has 0 atom stereocenters. The first-order valence-electron chi connectivity index (χ1n) is 6.87. The molecule has 0 radical (unpaired) electrons. The van der Waals surface area contributed by atoms with Gasteiger partial charge in [0.15, 0.2) is 5.65 Å². The van der Waals surface area contributed by atoms with Crippen molar-refractivity contribution in [3.63, 3.8) is 0 Å². The van der Waals surface area contributed by atoms with Crippen LogP contribution in [-0.2, 0) is 18.3 Å². The van der Waals surface area contributed by atoms with Gasteiger partial charge in [0, 0.05) is 26.3 Å². The highest BCUT2D eigenvalue weighted by atomic mass is 16.5. The largest absolute Gasteiger partial charge is 0.383 e. The molecule has 1 aliphatic rings. The van der Waals surface area contributed by atoms with E-state index in [0.717, 1.165) is 42.9 Å². The molecule has 20 heavy (non-hydrogen) atoms. The average molecular weight is 276 g/mol. The molecule has 3 rings (SSSR count). The lowest BCUT2D eigenvalue weighted by atomic mass is 10.1. The number of ether oxygens (including phenoxy) is 1. The van der Waals surface area contributed by atoms with Crippen LogP contribution in [0.25, 0.3) is 11.0 Å². The molecule has 2 aromatic rings. The van der Waals surface area contributed by atoms with Gasteiger partial charge in [-0.15, -0.1) is 0 Å². The third-order valence-electron chi connectivity index (χ3n) is 3.87. The van der Waals surface area contributed by atoms with E-state index in [9.17, 15) is 0 Å². The van der Waals surface area contributed by atoms with Gasteiger partial charge in [0.2, 0.25) is 0 Å². The summed E-state index contributed by atoms with van der Waals surface area (Å²) < 4.78 is 7.12. The summed E-state index contributed by atoms with van der Waals surface area (Å²) in [6, 6.07) is 0.524. The maximum Gasteiger partial charge on any atom is 0.163 e. The van der Waals surface area contributed by atoms with Gasteiger partial charge >= 0.3 is 0 Å². The lowest BCUT2D eigenvalue weighted by Crippen LogP contribution is -2.36. The highest BCUT2D eigenvalue weighted by Gasteiger charge is 2.20.